The average molecular weight is 226 g/mol. The van der Waals surface area contributed by atoms with Gasteiger partial charge in [-0.15, -0.1) is 6.58 Å². The highest BCUT2D eigenvalue weighted by Crippen LogP contribution is 1.95. The fraction of sp³-hybridized carbons (Fsp3) is 0.750. The highest BCUT2D eigenvalue weighted by atomic mass is 15.2. The summed E-state index contributed by atoms with van der Waals surface area (Å²) in [5.74, 6) is 0.832. The molecule has 1 atom stereocenters. The van der Waals surface area contributed by atoms with Gasteiger partial charge in [-0.2, -0.15) is 0 Å². The summed E-state index contributed by atoms with van der Waals surface area (Å²) in [6.07, 6.45) is 1.82. The molecule has 0 aliphatic heterocycles. The Morgan fingerprint density at radius 1 is 1.38 bits per heavy atom. The molecule has 2 N–H and O–H groups in total. The molecule has 16 heavy (non-hydrogen) atoms. The maximum atomic E-state index is 4.14. The van der Waals surface area contributed by atoms with Gasteiger partial charge in [-0.1, -0.05) is 19.9 Å². The lowest BCUT2D eigenvalue weighted by Crippen LogP contribution is -2.45. The van der Waals surface area contributed by atoms with Crippen LogP contribution in [0.3, 0.4) is 0 Å². The van der Waals surface area contributed by atoms with Crippen LogP contribution in [-0.2, 0) is 0 Å². The van der Waals surface area contributed by atoms with E-state index in [0.717, 1.165) is 32.1 Å². The van der Waals surface area contributed by atoms with Crippen molar-refractivity contribution in [3.05, 3.63) is 12.7 Å². The molecule has 0 aromatic heterocycles. The van der Waals surface area contributed by atoms with Gasteiger partial charge in [-0.05, 0) is 20.0 Å². The van der Waals surface area contributed by atoms with Crippen LogP contribution in [0.4, 0.5) is 0 Å². The predicted octanol–water partition coefficient (Wildman–Crippen LogP) is 1.07. The highest BCUT2D eigenvalue weighted by molar-refractivity contribution is 5.79. The van der Waals surface area contributed by atoms with Gasteiger partial charge in [-0.25, -0.2) is 0 Å². The first kappa shape index (κ1) is 15.0. The minimum atomic E-state index is 0.511. The zero-order valence-corrected chi connectivity index (χ0v) is 11.1. The molecule has 0 radical (unpaired) electrons. The van der Waals surface area contributed by atoms with Gasteiger partial charge in [0.1, 0.15) is 0 Å². The molecule has 94 valence electrons. The monoisotopic (exact) mass is 226 g/mol. The molecule has 0 rings (SSSR count). The molecule has 0 saturated heterocycles. The lowest BCUT2D eigenvalue weighted by molar-refractivity contribution is 0.231. The molecular formula is C12H26N4. The van der Waals surface area contributed by atoms with Crippen LogP contribution in [0.2, 0.25) is 0 Å². The first-order valence-electron chi connectivity index (χ1n) is 5.98. The van der Waals surface area contributed by atoms with Crippen molar-refractivity contribution in [2.75, 3.05) is 33.2 Å². The summed E-state index contributed by atoms with van der Waals surface area (Å²) < 4.78 is 0. The second-order valence-electron chi connectivity index (χ2n) is 3.69. The summed E-state index contributed by atoms with van der Waals surface area (Å²) >= 11 is 0. The Bertz CT molecular complexity index is 209. The lowest BCUT2D eigenvalue weighted by atomic mass is 10.3. The quantitative estimate of drug-likeness (QED) is 0.387. The Kier molecular flexibility index (Phi) is 8.62. The summed E-state index contributed by atoms with van der Waals surface area (Å²) in [5, 5.41) is 6.45. The van der Waals surface area contributed by atoms with Crippen molar-refractivity contribution >= 4 is 5.96 Å². The number of hydrogen-bond donors (Lipinski definition) is 2. The second-order valence-corrected chi connectivity index (χ2v) is 3.69. The van der Waals surface area contributed by atoms with E-state index in [-0.39, 0.29) is 0 Å². The number of rotatable bonds is 7. The maximum Gasteiger partial charge on any atom is 0.191 e. The van der Waals surface area contributed by atoms with Crippen LogP contribution in [0.15, 0.2) is 17.6 Å². The van der Waals surface area contributed by atoms with Crippen LogP contribution in [0, 0.1) is 0 Å². The topological polar surface area (TPSA) is 39.7 Å². The molecule has 0 spiro atoms. The van der Waals surface area contributed by atoms with Crippen molar-refractivity contribution in [2.45, 2.75) is 26.8 Å². The number of hydrogen-bond acceptors (Lipinski definition) is 2. The summed E-state index contributed by atoms with van der Waals surface area (Å²) in [7, 11) is 1.78. The molecule has 0 amide bonds. The van der Waals surface area contributed by atoms with Crippen molar-refractivity contribution in [3.8, 4) is 0 Å². The van der Waals surface area contributed by atoms with E-state index in [2.05, 4.69) is 47.9 Å². The third-order valence-corrected chi connectivity index (χ3v) is 2.64. The molecule has 0 aliphatic carbocycles. The van der Waals surface area contributed by atoms with Crippen molar-refractivity contribution < 1.29 is 0 Å². The Morgan fingerprint density at radius 2 is 2.00 bits per heavy atom. The van der Waals surface area contributed by atoms with Crippen LogP contribution in [-0.4, -0.2) is 50.1 Å². The van der Waals surface area contributed by atoms with Crippen molar-refractivity contribution in [2.24, 2.45) is 4.99 Å². The molecular weight excluding hydrogens is 200 g/mol. The largest absolute Gasteiger partial charge is 0.355 e. The van der Waals surface area contributed by atoms with Gasteiger partial charge in [0.2, 0.25) is 0 Å². The molecule has 0 bridgehead atoms. The van der Waals surface area contributed by atoms with E-state index in [1.54, 1.807) is 7.05 Å². The van der Waals surface area contributed by atoms with E-state index in [1.165, 1.54) is 0 Å². The molecule has 0 aliphatic rings. The van der Waals surface area contributed by atoms with Crippen molar-refractivity contribution in [1.82, 2.24) is 15.5 Å². The molecule has 1 unspecified atom stereocenters. The standard InChI is InChI=1S/C12H26N4/c1-6-9-14-12(13-5)15-10-11(4)16(7-2)8-3/h6,11H,1,7-10H2,2-5H3,(H2,13,14,15). The SMILES string of the molecule is C=CCNC(=NC)NCC(C)N(CC)CC. The van der Waals surface area contributed by atoms with E-state index in [0.29, 0.717) is 6.04 Å². The molecule has 0 fully saturated rings. The van der Waals surface area contributed by atoms with Gasteiger partial charge in [0.25, 0.3) is 0 Å². The Labute approximate surface area is 99.8 Å². The third kappa shape index (κ3) is 5.75. The molecule has 0 aromatic carbocycles. The zero-order chi connectivity index (χ0) is 12.4. The van der Waals surface area contributed by atoms with Crippen LogP contribution < -0.4 is 10.6 Å². The maximum absolute atomic E-state index is 4.14. The number of likely N-dealkylation sites (N-methyl/N-ethyl adjacent to an activating group) is 1. The fourth-order valence-corrected chi connectivity index (χ4v) is 1.61. The number of aliphatic imine (C=N–C) groups is 1. The van der Waals surface area contributed by atoms with Crippen molar-refractivity contribution in [1.29, 1.82) is 0 Å². The Morgan fingerprint density at radius 3 is 2.44 bits per heavy atom. The molecule has 0 aromatic rings. The summed E-state index contributed by atoms with van der Waals surface area (Å²) in [6.45, 7) is 14.1. The first-order chi connectivity index (χ1) is 7.69. The van der Waals surface area contributed by atoms with Crippen LogP contribution in [0.1, 0.15) is 20.8 Å². The third-order valence-electron chi connectivity index (χ3n) is 2.64. The predicted molar refractivity (Wildman–Crippen MR) is 71.9 cm³/mol. The van der Waals surface area contributed by atoms with E-state index >= 15 is 0 Å². The molecule has 4 heteroatoms. The van der Waals surface area contributed by atoms with Gasteiger partial charge in [0.15, 0.2) is 5.96 Å². The van der Waals surface area contributed by atoms with Gasteiger partial charge < -0.3 is 10.6 Å². The van der Waals surface area contributed by atoms with Gasteiger partial charge in [-0.3, -0.25) is 9.89 Å². The Balaban J connectivity index is 3.96. The van der Waals surface area contributed by atoms with Crippen LogP contribution in [0.25, 0.3) is 0 Å². The minimum Gasteiger partial charge on any atom is -0.355 e. The van der Waals surface area contributed by atoms with Gasteiger partial charge in [0, 0.05) is 26.2 Å². The highest BCUT2D eigenvalue weighted by Gasteiger charge is 2.09. The number of nitrogens with one attached hydrogen (secondary N) is 2. The summed E-state index contributed by atoms with van der Waals surface area (Å²) in [4.78, 5) is 6.55. The number of guanidine groups is 1. The average Bonchev–Trinajstić information content (AvgIpc) is 2.31. The molecule has 4 nitrogen and oxygen atoms in total. The summed E-state index contributed by atoms with van der Waals surface area (Å²) in [5.41, 5.74) is 0. The Hall–Kier alpha value is -1.03. The van der Waals surface area contributed by atoms with Gasteiger partial charge in [0.05, 0.1) is 0 Å². The van der Waals surface area contributed by atoms with Crippen LogP contribution in [0.5, 0.6) is 0 Å². The fourth-order valence-electron chi connectivity index (χ4n) is 1.61. The van der Waals surface area contributed by atoms with E-state index < -0.39 is 0 Å². The smallest absolute Gasteiger partial charge is 0.191 e. The zero-order valence-electron chi connectivity index (χ0n) is 11.1. The van der Waals surface area contributed by atoms with E-state index in [4.69, 9.17) is 0 Å². The molecule has 0 saturated carbocycles. The van der Waals surface area contributed by atoms with E-state index in [9.17, 15) is 0 Å². The van der Waals surface area contributed by atoms with Crippen molar-refractivity contribution in [3.63, 3.8) is 0 Å². The summed E-state index contributed by atoms with van der Waals surface area (Å²) in [6, 6.07) is 0.511. The number of nitrogens with zero attached hydrogens (tertiary/aromatic N) is 2. The minimum absolute atomic E-state index is 0.511. The first-order valence-corrected chi connectivity index (χ1v) is 5.98. The lowest BCUT2D eigenvalue weighted by Gasteiger charge is -2.27. The molecule has 0 heterocycles. The van der Waals surface area contributed by atoms with Gasteiger partial charge >= 0.3 is 0 Å². The van der Waals surface area contributed by atoms with E-state index in [1.807, 2.05) is 6.08 Å². The van der Waals surface area contributed by atoms with Crippen LogP contribution >= 0.6 is 0 Å². The second kappa shape index (κ2) is 9.21. The normalized spacial score (nSPS) is 13.7.